The summed E-state index contributed by atoms with van der Waals surface area (Å²) in [4.78, 5) is 22.4. The van der Waals surface area contributed by atoms with E-state index in [0.29, 0.717) is 43.3 Å². The number of hydrogen-bond donors (Lipinski definition) is 0. The van der Waals surface area contributed by atoms with E-state index < -0.39 is 10.0 Å². The van der Waals surface area contributed by atoms with Crippen molar-refractivity contribution < 1.29 is 13.2 Å². The van der Waals surface area contributed by atoms with Gasteiger partial charge in [-0.15, -0.1) is 11.3 Å². The molecule has 4 rings (SSSR count). The van der Waals surface area contributed by atoms with Gasteiger partial charge in [-0.2, -0.15) is 0 Å². The molecule has 0 radical (unpaired) electrons. The number of thiazole rings is 1. The van der Waals surface area contributed by atoms with Crippen LogP contribution in [0.1, 0.15) is 31.5 Å². The minimum atomic E-state index is -3.54. The quantitative estimate of drug-likeness (QED) is 0.443. The lowest BCUT2D eigenvalue weighted by Crippen LogP contribution is -2.41. The molecule has 1 amide bonds. The first-order valence-corrected chi connectivity index (χ1v) is 15.5. The maximum absolute atomic E-state index is 13.6. The number of aromatic nitrogens is 1. The third kappa shape index (κ3) is 7.10. The smallest absolute Gasteiger partial charge is 0.232 e. The third-order valence-corrected chi connectivity index (χ3v) is 8.88. The summed E-state index contributed by atoms with van der Waals surface area (Å²) in [6.45, 7) is 6.85. The summed E-state index contributed by atoms with van der Waals surface area (Å²) in [5.41, 5.74) is 3.05. The highest BCUT2D eigenvalue weighted by atomic mass is 35.5. The Kier molecular flexibility index (Phi) is 8.90. The van der Waals surface area contributed by atoms with Crippen LogP contribution in [0.25, 0.3) is 10.6 Å². The summed E-state index contributed by atoms with van der Waals surface area (Å²) in [6.07, 6.45) is 2.07. The van der Waals surface area contributed by atoms with E-state index >= 15 is 0 Å². The van der Waals surface area contributed by atoms with Crippen LogP contribution in [-0.4, -0.2) is 67.6 Å². The number of anilines is 1. The molecule has 0 saturated heterocycles. The van der Waals surface area contributed by atoms with Gasteiger partial charge in [0.15, 0.2) is 0 Å². The molecule has 0 spiro atoms. The summed E-state index contributed by atoms with van der Waals surface area (Å²) in [7, 11) is -3.54. The molecule has 0 fully saturated rings. The Hall–Kier alpha value is -2.46. The molecule has 37 heavy (non-hydrogen) atoms. The van der Waals surface area contributed by atoms with Crippen molar-refractivity contribution in [3.8, 4) is 10.6 Å². The average molecular weight is 561 g/mol. The molecular weight excluding hydrogens is 528 g/mol. The largest absolute Gasteiger partial charge is 0.337 e. The number of sulfonamides is 1. The number of amides is 1. The topological polar surface area (TPSA) is 73.8 Å². The van der Waals surface area contributed by atoms with Crippen LogP contribution in [0.3, 0.4) is 0 Å². The van der Waals surface area contributed by atoms with E-state index in [1.54, 1.807) is 12.1 Å². The van der Waals surface area contributed by atoms with Gasteiger partial charge in [-0.1, -0.05) is 48.0 Å². The summed E-state index contributed by atoms with van der Waals surface area (Å²) in [5, 5.41) is 3.28. The van der Waals surface area contributed by atoms with E-state index in [9.17, 15) is 13.2 Å². The Bertz CT molecular complexity index is 1330. The molecule has 0 atom stereocenters. The van der Waals surface area contributed by atoms with Crippen molar-refractivity contribution in [3.63, 3.8) is 0 Å². The first-order valence-electron chi connectivity index (χ1n) is 12.4. The van der Waals surface area contributed by atoms with Crippen LogP contribution in [0.15, 0.2) is 53.9 Å². The highest BCUT2D eigenvalue weighted by Crippen LogP contribution is 2.29. The number of halogens is 1. The minimum Gasteiger partial charge on any atom is -0.337 e. The Morgan fingerprint density at radius 1 is 1.08 bits per heavy atom. The zero-order valence-electron chi connectivity index (χ0n) is 21.4. The van der Waals surface area contributed by atoms with Gasteiger partial charge in [0.25, 0.3) is 0 Å². The molecule has 10 heteroatoms. The number of rotatable bonds is 5. The standard InChI is InChI=1S/C27H33ClN4O3S2/c1-20(2)30-12-7-13-32(37(3,34)35)25-16-23(28)11-10-22(25)18-31(15-14-30)26(33)17-24-19-36-27(29-24)21-8-5-4-6-9-21/h4-6,8-11,16,19-20H,7,12-15,17-18H2,1-3H3. The van der Waals surface area contributed by atoms with Crippen molar-refractivity contribution in [3.05, 3.63) is 70.2 Å². The molecule has 0 bridgehead atoms. The van der Waals surface area contributed by atoms with Gasteiger partial charge in [0, 0.05) is 54.7 Å². The Morgan fingerprint density at radius 3 is 2.54 bits per heavy atom. The molecule has 198 valence electrons. The molecule has 1 aliphatic heterocycles. The molecule has 0 unspecified atom stereocenters. The van der Waals surface area contributed by atoms with E-state index in [0.717, 1.165) is 28.4 Å². The molecule has 2 heterocycles. The molecule has 3 aromatic rings. The second kappa shape index (κ2) is 11.9. The van der Waals surface area contributed by atoms with Crippen LogP contribution in [-0.2, 0) is 27.8 Å². The number of hydrogen-bond acceptors (Lipinski definition) is 6. The maximum Gasteiger partial charge on any atom is 0.232 e. The first kappa shape index (κ1) is 27.6. The molecular formula is C27H33ClN4O3S2. The van der Waals surface area contributed by atoms with Gasteiger partial charge in [0.05, 0.1) is 24.1 Å². The van der Waals surface area contributed by atoms with Crippen molar-refractivity contribution in [2.45, 2.75) is 39.3 Å². The van der Waals surface area contributed by atoms with E-state index in [-0.39, 0.29) is 18.4 Å². The SMILES string of the molecule is CC(C)N1CCCN(S(C)(=O)=O)c2cc(Cl)ccc2CN(C(=O)Cc2csc(-c3ccccc3)n2)CC1. The van der Waals surface area contributed by atoms with Crippen molar-refractivity contribution >= 4 is 44.6 Å². The van der Waals surface area contributed by atoms with Crippen molar-refractivity contribution in [2.75, 3.05) is 36.7 Å². The zero-order chi connectivity index (χ0) is 26.6. The number of benzene rings is 2. The Balaban J connectivity index is 1.64. The van der Waals surface area contributed by atoms with Crippen molar-refractivity contribution in [1.29, 1.82) is 0 Å². The highest BCUT2D eigenvalue weighted by Gasteiger charge is 2.26. The lowest BCUT2D eigenvalue weighted by atomic mass is 10.1. The van der Waals surface area contributed by atoms with Gasteiger partial charge in [-0.25, -0.2) is 13.4 Å². The van der Waals surface area contributed by atoms with E-state index in [4.69, 9.17) is 16.6 Å². The second-order valence-electron chi connectivity index (χ2n) is 9.59. The molecule has 2 aromatic carbocycles. The normalized spacial score (nSPS) is 15.9. The van der Waals surface area contributed by atoms with Crippen LogP contribution in [0.5, 0.6) is 0 Å². The number of carbonyl (C=O) groups is 1. The van der Waals surface area contributed by atoms with Crippen LogP contribution < -0.4 is 4.31 Å². The third-order valence-electron chi connectivity index (χ3n) is 6.53. The Labute approximate surface area is 228 Å². The van der Waals surface area contributed by atoms with E-state index in [2.05, 4.69) is 18.7 Å². The fourth-order valence-corrected chi connectivity index (χ4v) is 6.51. The van der Waals surface area contributed by atoms with Gasteiger partial charge >= 0.3 is 0 Å². The number of carbonyl (C=O) groups excluding carboxylic acids is 1. The summed E-state index contributed by atoms with van der Waals surface area (Å²) in [6, 6.07) is 15.5. The lowest BCUT2D eigenvalue weighted by molar-refractivity contribution is -0.131. The minimum absolute atomic E-state index is 0.0420. The molecule has 1 aliphatic rings. The zero-order valence-corrected chi connectivity index (χ0v) is 23.8. The molecule has 1 aromatic heterocycles. The van der Waals surface area contributed by atoms with Gasteiger partial charge in [-0.05, 0) is 38.0 Å². The maximum atomic E-state index is 13.6. The second-order valence-corrected chi connectivity index (χ2v) is 12.8. The van der Waals surface area contributed by atoms with Gasteiger partial charge in [-0.3, -0.25) is 14.0 Å². The van der Waals surface area contributed by atoms with Crippen LogP contribution in [0.2, 0.25) is 5.02 Å². The highest BCUT2D eigenvalue weighted by molar-refractivity contribution is 7.92. The number of nitrogens with zero attached hydrogens (tertiary/aromatic N) is 4. The fraction of sp³-hybridized carbons (Fsp3) is 0.407. The molecule has 0 N–H and O–H groups in total. The number of fused-ring (bicyclic) bond motifs is 1. The summed E-state index contributed by atoms with van der Waals surface area (Å²) in [5.74, 6) is -0.0420. The van der Waals surface area contributed by atoms with Crippen molar-refractivity contribution in [1.82, 2.24) is 14.8 Å². The van der Waals surface area contributed by atoms with Crippen molar-refractivity contribution in [2.24, 2.45) is 0 Å². The Morgan fingerprint density at radius 2 is 1.84 bits per heavy atom. The van der Waals surface area contributed by atoms with E-state index in [1.807, 2.05) is 46.7 Å². The predicted octanol–water partition coefficient (Wildman–Crippen LogP) is 4.91. The summed E-state index contributed by atoms with van der Waals surface area (Å²) < 4.78 is 27.0. The average Bonchev–Trinajstić information content (AvgIpc) is 3.30. The summed E-state index contributed by atoms with van der Waals surface area (Å²) >= 11 is 7.82. The van der Waals surface area contributed by atoms with Gasteiger partial charge in [0.1, 0.15) is 5.01 Å². The van der Waals surface area contributed by atoms with E-state index in [1.165, 1.54) is 21.9 Å². The molecule has 0 saturated carbocycles. The van der Waals surface area contributed by atoms with Gasteiger partial charge < -0.3 is 4.90 Å². The predicted molar refractivity (Wildman–Crippen MR) is 152 cm³/mol. The lowest BCUT2D eigenvalue weighted by Gasteiger charge is -2.30. The van der Waals surface area contributed by atoms with Crippen LogP contribution in [0, 0.1) is 0 Å². The monoisotopic (exact) mass is 560 g/mol. The van der Waals surface area contributed by atoms with Crippen LogP contribution in [0.4, 0.5) is 5.69 Å². The molecule has 0 aliphatic carbocycles. The van der Waals surface area contributed by atoms with Gasteiger partial charge in [0.2, 0.25) is 15.9 Å². The first-order chi connectivity index (χ1) is 17.6. The van der Waals surface area contributed by atoms with Crippen LogP contribution >= 0.6 is 22.9 Å². The fourth-order valence-electron chi connectivity index (χ4n) is 4.53. The molecule has 7 nitrogen and oxygen atoms in total.